The van der Waals surface area contributed by atoms with Gasteiger partial charge in [-0.2, -0.15) is 0 Å². The van der Waals surface area contributed by atoms with E-state index in [0.717, 1.165) is 31.9 Å². The molecule has 1 aromatic carbocycles. The van der Waals surface area contributed by atoms with E-state index in [0.29, 0.717) is 0 Å². The molecule has 0 saturated carbocycles. The maximum atomic E-state index is 5.54. The van der Waals surface area contributed by atoms with Gasteiger partial charge >= 0.3 is 0 Å². The molecule has 0 radical (unpaired) electrons. The lowest BCUT2D eigenvalue weighted by molar-refractivity contribution is 0.315. The van der Waals surface area contributed by atoms with E-state index in [1.54, 1.807) is 6.26 Å². The van der Waals surface area contributed by atoms with E-state index in [2.05, 4.69) is 61.4 Å². The van der Waals surface area contributed by atoms with Gasteiger partial charge in [0.1, 0.15) is 5.76 Å². The van der Waals surface area contributed by atoms with E-state index in [9.17, 15) is 0 Å². The smallest absolute Gasteiger partial charge is 0.122 e. The van der Waals surface area contributed by atoms with Gasteiger partial charge in [-0.05, 0) is 32.1 Å². The second-order valence-corrected chi connectivity index (χ2v) is 5.31. The molecule has 0 saturated heterocycles. The van der Waals surface area contributed by atoms with E-state index in [1.165, 1.54) is 16.7 Å². The number of hydrogen-bond donors (Lipinski definition) is 1. The zero-order valence-electron chi connectivity index (χ0n) is 12.6. The lowest BCUT2D eigenvalue weighted by atomic mass is 10.1. The van der Waals surface area contributed by atoms with Crippen LogP contribution in [-0.4, -0.2) is 18.5 Å². The highest BCUT2D eigenvalue weighted by atomic mass is 16.3. The first-order valence-corrected chi connectivity index (χ1v) is 7.19. The average molecular weight is 272 g/mol. The molecule has 0 amide bonds. The van der Waals surface area contributed by atoms with Gasteiger partial charge < -0.3 is 9.73 Å². The van der Waals surface area contributed by atoms with Crippen LogP contribution in [0.3, 0.4) is 0 Å². The quantitative estimate of drug-likeness (QED) is 0.838. The van der Waals surface area contributed by atoms with Crippen LogP contribution in [0.5, 0.6) is 0 Å². The summed E-state index contributed by atoms with van der Waals surface area (Å²) in [5.41, 5.74) is 3.91. The summed E-state index contributed by atoms with van der Waals surface area (Å²) in [5.74, 6) is 1.04. The predicted octanol–water partition coefficient (Wildman–Crippen LogP) is 3.33. The highest BCUT2D eigenvalue weighted by Crippen LogP contribution is 2.14. The zero-order chi connectivity index (χ0) is 14.4. The van der Waals surface area contributed by atoms with Crippen molar-refractivity contribution < 1.29 is 4.42 Å². The van der Waals surface area contributed by atoms with Crippen LogP contribution in [0.15, 0.2) is 41.0 Å². The van der Waals surface area contributed by atoms with Gasteiger partial charge in [0.15, 0.2) is 0 Å². The van der Waals surface area contributed by atoms with E-state index in [4.69, 9.17) is 4.42 Å². The van der Waals surface area contributed by atoms with E-state index in [1.807, 2.05) is 0 Å². The molecule has 0 bridgehead atoms. The molecule has 1 aromatic heterocycles. The summed E-state index contributed by atoms with van der Waals surface area (Å²) < 4.78 is 5.54. The molecule has 0 aliphatic carbocycles. The summed E-state index contributed by atoms with van der Waals surface area (Å²) in [5, 5.41) is 3.31. The van der Waals surface area contributed by atoms with Gasteiger partial charge in [0.2, 0.25) is 0 Å². The standard InChI is InChI=1S/C17H24N2O/c1-4-18-11-17-16(9-10-20-17)13-19(3)12-15-7-5-14(2)6-8-15/h5-10,18H,4,11-13H2,1-3H3. The molecule has 2 aromatic rings. The molecular formula is C17H24N2O. The van der Waals surface area contributed by atoms with Crippen molar-refractivity contribution in [3.05, 3.63) is 59.0 Å². The Kier molecular flexibility index (Phi) is 5.39. The van der Waals surface area contributed by atoms with E-state index in [-0.39, 0.29) is 0 Å². The molecule has 108 valence electrons. The van der Waals surface area contributed by atoms with Gasteiger partial charge in [0.25, 0.3) is 0 Å². The summed E-state index contributed by atoms with van der Waals surface area (Å²) in [6.07, 6.45) is 1.78. The Bertz CT molecular complexity index is 516. The lowest BCUT2D eigenvalue weighted by Crippen LogP contribution is -2.19. The molecule has 3 heteroatoms. The Morgan fingerprint density at radius 3 is 2.55 bits per heavy atom. The Morgan fingerprint density at radius 1 is 1.10 bits per heavy atom. The highest BCUT2D eigenvalue weighted by molar-refractivity contribution is 5.22. The Morgan fingerprint density at radius 2 is 1.85 bits per heavy atom. The lowest BCUT2D eigenvalue weighted by Gasteiger charge is -2.17. The fourth-order valence-electron chi connectivity index (χ4n) is 2.25. The van der Waals surface area contributed by atoms with Crippen molar-refractivity contribution in [2.75, 3.05) is 13.6 Å². The van der Waals surface area contributed by atoms with Crippen molar-refractivity contribution in [2.45, 2.75) is 33.5 Å². The summed E-state index contributed by atoms with van der Waals surface area (Å²) in [6, 6.07) is 10.8. The summed E-state index contributed by atoms with van der Waals surface area (Å²) in [4.78, 5) is 2.31. The number of rotatable bonds is 7. The summed E-state index contributed by atoms with van der Waals surface area (Å²) in [7, 11) is 2.14. The molecule has 0 fully saturated rings. The largest absolute Gasteiger partial charge is 0.468 e. The first kappa shape index (κ1) is 14.8. The Labute approximate surface area is 121 Å². The molecule has 2 rings (SSSR count). The van der Waals surface area contributed by atoms with Gasteiger partial charge in [-0.3, -0.25) is 4.90 Å². The third-order valence-corrected chi connectivity index (χ3v) is 3.39. The highest BCUT2D eigenvalue weighted by Gasteiger charge is 2.09. The van der Waals surface area contributed by atoms with Gasteiger partial charge in [-0.25, -0.2) is 0 Å². The summed E-state index contributed by atoms with van der Waals surface area (Å²) in [6.45, 7) is 7.84. The zero-order valence-corrected chi connectivity index (χ0v) is 12.6. The van der Waals surface area contributed by atoms with Crippen molar-refractivity contribution in [3.63, 3.8) is 0 Å². The SMILES string of the molecule is CCNCc1occc1CN(C)Cc1ccc(C)cc1. The third-order valence-electron chi connectivity index (χ3n) is 3.39. The van der Waals surface area contributed by atoms with Crippen molar-refractivity contribution in [3.8, 4) is 0 Å². The minimum absolute atomic E-state index is 0.803. The number of hydrogen-bond acceptors (Lipinski definition) is 3. The van der Waals surface area contributed by atoms with Crippen LogP contribution >= 0.6 is 0 Å². The summed E-state index contributed by atoms with van der Waals surface area (Å²) >= 11 is 0. The normalized spacial score (nSPS) is 11.2. The Balaban J connectivity index is 1.92. The molecule has 0 spiro atoms. The molecule has 0 aliphatic rings. The van der Waals surface area contributed by atoms with Crippen molar-refractivity contribution in [1.29, 1.82) is 0 Å². The van der Waals surface area contributed by atoms with Gasteiger partial charge in [-0.15, -0.1) is 0 Å². The fourth-order valence-corrected chi connectivity index (χ4v) is 2.25. The predicted molar refractivity (Wildman–Crippen MR) is 82.4 cm³/mol. The molecule has 1 N–H and O–H groups in total. The van der Waals surface area contributed by atoms with Crippen LogP contribution in [0.25, 0.3) is 0 Å². The van der Waals surface area contributed by atoms with E-state index >= 15 is 0 Å². The van der Waals surface area contributed by atoms with Crippen LogP contribution < -0.4 is 5.32 Å². The molecular weight excluding hydrogens is 248 g/mol. The third kappa shape index (κ3) is 4.22. The molecule has 0 unspecified atom stereocenters. The number of aryl methyl sites for hydroxylation is 1. The maximum absolute atomic E-state index is 5.54. The number of nitrogens with zero attached hydrogens (tertiary/aromatic N) is 1. The van der Waals surface area contributed by atoms with E-state index < -0.39 is 0 Å². The van der Waals surface area contributed by atoms with Crippen LogP contribution in [0.1, 0.15) is 29.4 Å². The fraction of sp³-hybridized carbons (Fsp3) is 0.412. The molecule has 20 heavy (non-hydrogen) atoms. The van der Waals surface area contributed by atoms with Gasteiger partial charge in [0, 0.05) is 18.7 Å². The number of furan rings is 1. The van der Waals surface area contributed by atoms with Crippen LogP contribution in [0.4, 0.5) is 0 Å². The monoisotopic (exact) mass is 272 g/mol. The second kappa shape index (κ2) is 7.27. The Hall–Kier alpha value is -1.58. The minimum atomic E-state index is 0.803. The number of nitrogens with one attached hydrogen (secondary N) is 1. The van der Waals surface area contributed by atoms with Crippen molar-refractivity contribution in [1.82, 2.24) is 10.2 Å². The van der Waals surface area contributed by atoms with Crippen molar-refractivity contribution in [2.24, 2.45) is 0 Å². The van der Waals surface area contributed by atoms with Gasteiger partial charge in [-0.1, -0.05) is 36.8 Å². The first-order valence-electron chi connectivity index (χ1n) is 7.19. The van der Waals surface area contributed by atoms with Gasteiger partial charge in [0.05, 0.1) is 12.8 Å². The molecule has 0 atom stereocenters. The van der Waals surface area contributed by atoms with Crippen molar-refractivity contribution >= 4 is 0 Å². The minimum Gasteiger partial charge on any atom is -0.468 e. The first-order chi connectivity index (χ1) is 9.69. The maximum Gasteiger partial charge on any atom is 0.122 e. The van der Waals surface area contributed by atoms with Crippen LogP contribution in [0, 0.1) is 6.92 Å². The average Bonchev–Trinajstić information content (AvgIpc) is 2.86. The molecule has 3 nitrogen and oxygen atoms in total. The number of benzene rings is 1. The van der Waals surface area contributed by atoms with Crippen LogP contribution in [-0.2, 0) is 19.6 Å². The van der Waals surface area contributed by atoms with Crippen LogP contribution in [0.2, 0.25) is 0 Å². The molecule has 0 aliphatic heterocycles. The second-order valence-electron chi connectivity index (χ2n) is 5.31. The topological polar surface area (TPSA) is 28.4 Å². The molecule has 1 heterocycles.